The number of aromatic nitrogens is 1. The lowest BCUT2D eigenvalue weighted by molar-refractivity contribution is 0.559. The predicted octanol–water partition coefficient (Wildman–Crippen LogP) is 3.68. The molecule has 0 aliphatic carbocycles. The lowest BCUT2D eigenvalue weighted by Gasteiger charge is -2.23. The fourth-order valence-electron chi connectivity index (χ4n) is 3.11. The van der Waals surface area contributed by atoms with Crippen molar-refractivity contribution in [3.63, 3.8) is 0 Å². The van der Waals surface area contributed by atoms with Crippen LogP contribution >= 0.6 is 22.1 Å². The highest BCUT2D eigenvalue weighted by Gasteiger charge is 2.25. The van der Waals surface area contributed by atoms with Crippen molar-refractivity contribution in [1.29, 1.82) is 0 Å². The van der Waals surface area contributed by atoms with E-state index < -0.39 is 20.6 Å². The summed E-state index contributed by atoms with van der Waals surface area (Å²) in [6.45, 7) is 0. The molecule has 5 nitrogen and oxygen atoms in total. The van der Waals surface area contributed by atoms with Crippen LogP contribution in [0, 0.1) is 0 Å². The van der Waals surface area contributed by atoms with Gasteiger partial charge in [0.25, 0.3) is 0 Å². The molecular formula is C16H16N2O3S3. The van der Waals surface area contributed by atoms with Gasteiger partial charge in [-0.15, -0.1) is 11.3 Å². The third-order valence-electron chi connectivity index (χ3n) is 4.35. The summed E-state index contributed by atoms with van der Waals surface area (Å²) in [6.07, 6.45) is 1.18. The number of hydrogen-bond acceptors (Lipinski definition) is 6. The quantitative estimate of drug-likeness (QED) is 0.701. The number of hydrogen-bond donors (Lipinski definition) is 1. The number of thiophene rings is 1. The molecule has 0 bridgehead atoms. The monoisotopic (exact) mass is 380 g/mol. The lowest BCUT2D eigenvalue weighted by atomic mass is 10.1. The predicted molar refractivity (Wildman–Crippen MR) is 99.0 cm³/mol. The second kappa shape index (κ2) is 6.11. The third kappa shape index (κ3) is 2.95. The molecule has 0 saturated carbocycles. The zero-order valence-corrected chi connectivity index (χ0v) is 15.2. The Balaban J connectivity index is 1.70. The van der Waals surface area contributed by atoms with Gasteiger partial charge in [0.1, 0.15) is 15.2 Å². The van der Waals surface area contributed by atoms with Gasteiger partial charge in [-0.3, -0.25) is 0 Å². The Hall–Kier alpha value is -1.48. The molecule has 0 spiro atoms. The minimum absolute atomic E-state index is 0.0975. The summed E-state index contributed by atoms with van der Waals surface area (Å²) in [7, 11) is -4.11. The van der Waals surface area contributed by atoms with Crippen molar-refractivity contribution in [3.8, 4) is 11.3 Å². The Labute approximate surface area is 147 Å². The van der Waals surface area contributed by atoms with Gasteiger partial charge in [0.05, 0.1) is 39.3 Å². The van der Waals surface area contributed by atoms with Gasteiger partial charge in [0, 0.05) is 11.4 Å². The molecule has 8 heteroatoms. The maximum absolute atomic E-state index is 12.6. The normalized spacial score (nSPS) is 18.8. The Morgan fingerprint density at radius 3 is 2.79 bits per heavy atom. The fourth-order valence-corrected chi connectivity index (χ4v) is 6.47. The Kier molecular flexibility index (Phi) is 4.07. The van der Waals surface area contributed by atoms with E-state index in [4.69, 9.17) is 0 Å². The van der Waals surface area contributed by atoms with E-state index in [1.807, 2.05) is 23.6 Å². The summed E-state index contributed by atoms with van der Waals surface area (Å²) in [4.78, 5) is 4.32. The first-order valence-electron chi connectivity index (χ1n) is 7.65. The van der Waals surface area contributed by atoms with Gasteiger partial charge in [-0.1, -0.05) is 6.07 Å². The first-order valence-corrected chi connectivity index (χ1v) is 11.6. The van der Waals surface area contributed by atoms with Crippen LogP contribution < -0.4 is 5.32 Å². The molecule has 126 valence electrons. The number of thiazole rings is 1. The maximum Gasteiger partial charge on any atom is 0.203 e. The summed E-state index contributed by atoms with van der Waals surface area (Å²) < 4.78 is 36.5. The first kappa shape index (κ1) is 16.0. The second-order valence-corrected chi connectivity index (χ2v) is 10.2. The molecular weight excluding hydrogens is 364 g/mol. The largest absolute Gasteiger partial charge is 0.590 e. The molecule has 1 fully saturated rings. The van der Waals surface area contributed by atoms with Gasteiger partial charge >= 0.3 is 0 Å². The molecule has 4 rings (SSSR count). The third-order valence-corrected chi connectivity index (χ3v) is 7.95. The van der Waals surface area contributed by atoms with E-state index in [1.165, 1.54) is 11.3 Å². The van der Waals surface area contributed by atoms with Crippen molar-refractivity contribution in [2.24, 2.45) is 0 Å². The zero-order chi connectivity index (χ0) is 16.7. The van der Waals surface area contributed by atoms with Crippen molar-refractivity contribution in [2.75, 3.05) is 16.8 Å². The van der Waals surface area contributed by atoms with Crippen LogP contribution in [0.4, 0.5) is 5.69 Å². The van der Waals surface area contributed by atoms with Crippen LogP contribution in [0.3, 0.4) is 0 Å². The van der Waals surface area contributed by atoms with E-state index in [9.17, 15) is 13.0 Å². The van der Waals surface area contributed by atoms with Crippen molar-refractivity contribution in [3.05, 3.63) is 34.5 Å². The molecule has 3 aromatic rings. The van der Waals surface area contributed by atoms with Crippen LogP contribution in [0.15, 0.2) is 34.5 Å². The highest BCUT2D eigenvalue weighted by atomic mass is 32.2. The number of sulfone groups is 1. The van der Waals surface area contributed by atoms with Crippen molar-refractivity contribution >= 4 is 47.7 Å². The highest BCUT2D eigenvalue weighted by Crippen LogP contribution is 2.42. The molecule has 1 aliphatic heterocycles. The minimum Gasteiger partial charge on any atom is -0.590 e. The van der Waals surface area contributed by atoms with Gasteiger partial charge in [0.2, 0.25) is 4.70 Å². The number of nitrogens with zero attached hydrogens (tertiary/aromatic N) is 1. The van der Waals surface area contributed by atoms with E-state index in [-0.39, 0.29) is 17.5 Å². The zero-order valence-electron chi connectivity index (χ0n) is 12.8. The average molecular weight is 381 g/mol. The summed E-state index contributed by atoms with van der Waals surface area (Å²) in [6, 6.07) is 5.91. The van der Waals surface area contributed by atoms with E-state index in [0.29, 0.717) is 12.8 Å². The minimum atomic E-state index is -2.89. The maximum atomic E-state index is 12.6. The van der Waals surface area contributed by atoms with Gasteiger partial charge in [-0.25, -0.2) is 13.4 Å². The molecule has 1 unspecified atom stereocenters. The van der Waals surface area contributed by atoms with Crippen molar-refractivity contribution < 1.29 is 13.0 Å². The van der Waals surface area contributed by atoms with Crippen LogP contribution in [0.5, 0.6) is 0 Å². The molecule has 0 radical (unpaired) electrons. The molecule has 1 aliphatic rings. The summed E-state index contributed by atoms with van der Waals surface area (Å²) in [5, 5.41) is 8.04. The van der Waals surface area contributed by atoms with Gasteiger partial charge < -0.3 is 9.87 Å². The Morgan fingerprint density at radius 1 is 1.29 bits per heavy atom. The smallest absolute Gasteiger partial charge is 0.203 e. The summed E-state index contributed by atoms with van der Waals surface area (Å²) in [5.41, 5.74) is 4.34. The average Bonchev–Trinajstić information content (AvgIpc) is 3.18. The molecule has 3 heterocycles. The van der Waals surface area contributed by atoms with Crippen LogP contribution in [0.2, 0.25) is 0 Å². The van der Waals surface area contributed by atoms with Crippen LogP contribution in [-0.4, -0.2) is 35.5 Å². The van der Waals surface area contributed by atoms with E-state index in [1.54, 1.807) is 10.9 Å². The van der Waals surface area contributed by atoms with E-state index in [0.717, 1.165) is 27.0 Å². The number of fused-ring (bicyclic) bond motifs is 1. The Bertz CT molecular complexity index is 964. The fraction of sp³-hybridized carbons (Fsp3) is 0.312. The highest BCUT2D eigenvalue weighted by molar-refractivity contribution is 7.91. The SMILES string of the molecule is O=S1(=O)CCC(Nc2cccc3c(-c4cscn4)c[s+]([O-])c23)CC1. The molecule has 1 aromatic carbocycles. The molecule has 2 aromatic heterocycles. The molecule has 24 heavy (non-hydrogen) atoms. The molecule has 0 amide bonds. The van der Waals surface area contributed by atoms with Crippen molar-refractivity contribution in [1.82, 2.24) is 4.98 Å². The van der Waals surface area contributed by atoms with Crippen LogP contribution in [0.1, 0.15) is 12.8 Å². The lowest BCUT2D eigenvalue weighted by Crippen LogP contribution is -2.32. The topological polar surface area (TPSA) is 82.1 Å². The van der Waals surface area contributed by atoms with Gasteiger partial charge in [0.15, 0.2) is 0 Å². The molecule has 1 atom stereocenters. The summed E-state index contributed by atoms with van der Waals surface area (Å²) >= 11 is 1.51. The van der Waals surface area contributed by atoms with Crippen LogP contribution in [-0.2, 0) is 9.84 Å². The van der Waals surface area contributed by atoms with Gasteiger partial charge in [-0.05, 0) is 35.7 Å². The standard InChI is InChI=1S/C16H16N2O3S3/c19-23-9-13(15-8-22-10-17-15)12-2-1-3-14(16(12)23)18-11-4-6-24(20,21)7-5-11/h1-3,8-11,18H,4-7H2. The van der Waals surface area contributed by atoms with Crippen molar-refractivity contribution in [2.45, 2.75) is 18.9 Å². The van der Waals surface area contributed by atoms with Gasteiger partial charge in [-0.2, -0.15) is 0 Å². The number of anilines is 1. The Morgan fingerprint density at radius 2 is 2.08 bits per heavy atom. The molecule has 1 N–H and O–H groups in total. The molecule has 1 saturated heterocycles. The second-order valence-electron chi connectivity index (χ2n) is 5.96. The number of benzene rings is 1. The van der Waals surface area contributed by atoms with Crippen LogP contribution in [0.25, 0.3) is 21.3 Å². The number of rotatable bonds is 3. The van der Waals surface area contributed by atoms with E-state index >= 15 is 0 Å². The van der Waals surface area contributed by atoms with E-state index in [2.05, 4.69) is 10.3 Å². The summed E-state index contributed by atoms with van der Waals surface area (Å²) in [5.74, 6) is 0.427. The number of nitrogens with one attached hydrogen (secondary N) is 1. The first-order chi connectivity index (χ1) is 11.5.